The monoisotopic (exact) mass is 464 g/mol. The van der Waals surface area contributed by atoms with Crippen LogP contribution in [0, 0.1) is 5.82 Å². The lowest BCUT2D eigenvalue weighted by Crippen LogP contribution is -2.33. The van der Waals surface area contributed by atoms with Crippen LogP contribution in [0.5, 0.6) is 5.88 Å². The maximum absolute atomic E-state index is 14.4. The predicted octanol–water partition coefficient (Wildman–Crippen LogP) is 4.93. The third kappa shape index (κ3) is 7.46. The Hall–Kier alpha value is -2.76. The molecular formula is C19H18F6N4OS. The van der Waals surface area contributed by atoms with E-state index in [-0.39, 0.29) is 17.8 Å². The molecule has 2 N–H and O–H groups in total. The number of nitrogens with two attached hydrogens (primary N) is 1. The van der Waals surface area contributed by atoms with Gasteiger partial charge < -0.3 is 10.5 Å². The molecule has 5 nitrogen and oxygen atoms in total. The third-order valence-corrected chi connectivity index (χ3v) is 4.38. The first-order valence-electron chi connectivity index (χ1n) is 8.82. The fourth-order valence-corrected chi connectivity index (χ4v) is 2.58. The van der Waals surface area contributed by atoms with Gasteiger partial charge in [-0.05, 0) is 29.5 Å². The number of hydrogen-bond acceptors (Lipinski definition) is 5. The van der Waals surface area contributed by atoms with Crippen molar-refractivity contribution in [2.45, 2.75) is 25.8 Å². The van der Waals surface area contributed by atoms with Crippen molar-refractivity contribution in [1.29, 1.82) is 0 Å². The summed E-state index contributed by atoms with van der Waals surface area (Å²) in [4.78, 5) is 11.3. The van der Waals surface area contributed by atoms with Gasteiger partial charge in [0, 0.05) is 5.56 Å². The first-order chi connectivity index (χ1) is 14.6. The number of thioether (sulfide) groups is 1. The molecule has 0 bridgehead atoms. The molecule has 1 aromatic heterocycles. The molecule has 0 aliphatic rings. The van der Waals surface area contributed by atoms with Gasteiger partial charge in [-0.15, -0.1) is 0 Å². The standard InChI is InChI=1S/C19H18F6N4OS/c1-2-31-18(26)29-7-12-5-11(3-4-13(12)20)6-14(21)15-8-28-16(9-27-15)30-10-19(24,25)17(22)23/h3-6,8-9,17H,2,7,10H2,1H3,(H2,26,29)/b14-6-. The summed E-state index contributed by atoms with van der Waals surface area (Å²) in [6.07, 6.45) is -1.12. The third-order valence-electron chi connectivity index (χ3n) is 3.67. The second kappa shape index (κ2) is 11.0. The summed E-state index contributed by atoms with van der Waals surface area (Å²) in [5.74, 6) is -5.49. The van der Waals surface area contributed by atoms with Crippen LogP contribution < -0.4 is 10.5 Å². The van der Waals surface area contributed by atoms with Crippen LogP contribution in [0.3, 0.4) is 0 Å². The van der Waals surface area contributed by atoms with Crippen LogP contribution >= 0.6 is 11.8 Å². The number of halogens is 6. The molecule has 0 aliphatic heterocycles. The summed E-state index contributed by atoms with van der Waals surface area (Å²) < 4.78 is 82.8. The molecule has 1 aromatic carbocycles. The molecule has 0 unspecified atom stereocenters. The van der Waals surface area contributed by atoms with Crippen LogP contribution in [-0.2, 0) is 6.54 Å². The van der Waals surface area contributed by atoms with Crippen molar-refractivity contribution in [2.24, 2.45) is 10.7 Å². The molecule has 0 saturated carbocycles. The number of rotatable bonds is 9. The van der Waals surface area contributed by atoms with E-state index in [1.807, 2.05) is 6.92 Å². The minimum absolute atomic E-state index is 0.0247. The van der Waals surface area contributed by atoms with Crippen LogP contribution in [0.4, 0.5) is 26.3 Å². The molecule has 0 saturated heterocycles. The van der Waals surface area contributed by atoms with Crippen LogP contribution in [0.15, 0.2) is 35.6 Å². The average Bonchev–Trinajstić information content (AvgIpc) is 2.73. The highest BCUT2D eigenvalue weighted by molar-refractivity contribution is 8.13. The van der Waals surface area contributed by atoms with Crippen molar-refractivity contribution in [3.8, 4) is 5.88 Å². The van der Waals surface area contributed by atoms with E-state index >= 15 is 0 Å². The fourth-order valence-electron chi connectivity index (χ4n) is 2.13. The van der Waals surface area contributed by atoms with E-state index in [0.29, 0.717) is 16.5 Å². The van der Waals surface area contributed by atoms with Gasteiger partial charge >= 0.3 is 12.3 Å². The highest BCUT2D eigenvalue weighted by Crippen LogP contribution is 2.24. The molecule has 0 radical (unpaired) electrons. The molecule has 0 spiro atoms. The number of benzene rings is 1. The molecule has 31 heavy (non-hydrogen) atoms. The van der Waals surface area contributed by atoms with E-state index in [0.717, 1.165) is 24.5 Å². The van der Waals surface area contributed by atoms with Crippen LogP contribution in [0.2, 0.25) is 0 Å². The summed E-state index contributed by atoms with van der Waals surface area (Å²) in [5, 5.41) is 0.304. The van der Waals surface area contributed by atoms with Crippen molar-refractivity contribution < 1.29 is 31.1 Å². The summed E-state index contributed by atoms with van der Waals surface area (Å²) in [7, 11) is 0. The van der Waals surface area contributed by atoms with E-state index in [4.69, 9.17) is 5.73 Å². The zero-order valence-electron chi connectivity index (χ0n) is 16.2. The minimum atomic E-state index is -4.35. The zero-order chi connectivity index (χ0) is 23.0. The Morgan fingerprint density at radius 1 is 1.29 bits per heavy atom. The number of amidine groups is 1. The molecule has 168 valence electrons. The van der Waals surface area contributed by atoms with E-state index < -0.39 is 36.5 Å². The highest BCUT2D eigenvalue weighted by Gasteiger charge is 2.41. The SMILES string of the molecule is CCS/C(N)=N\Cc1cc(/C=C(\F)c2cnc(OCC(F)(F)C(F)F)cn2)ccc1F. The zero-order valence-corrected chi connectivity index (χ0v) is 17.0. The molecule has 0 aliphatic carbocycles. The van der Waals surface area contributed by atoms with Gasteiger partial charge in [0.2, 0.25) is 5.88 Å². The summed E-state index contributed by atoms with van der Waals surface area (Å²) in [6.45, 7) is 0.268. The first kappa shape index (κ1) is 24.5. The van der Waals surface area contributed by atoms with E-state index in [2.05, 4.69) is 19.7 Å². The van der Waals surface area contributed by atoms with Crippen LogP contribution in [-0.4, -0.2) is 39.8 Å². The lowest BCUT2D eigenvalue weighted by atomic mass is 10.1. The van der Waals surface area contributed by atoms with Gasteiger partial charge in [0.1, 0.15) is 11.5 Å². The van der Waals surface area contributed by atoms with Crippen molar-refractivity contribution in [3.63, 3.8) is 0 Å². The van der Waals surface area contributed by atoms with Gasteiger partial charge in [0.05, 0.1) is 18.9 Å². The van der Waals surface area contributed by atoms with Crippen LogP contribution in [0.1, 0.15) is 23.7 Å². The second-order valence-corrected chi connectivity index (χ2v) is 7.31. The fraction of sp³-hybridized carbons (Fsp3) is 0.316. The predicted molar refractivity (Wildman–Crippen MR) is 107 cm³/mol. The molecule has 0 amide bonds. The lowest BCUT2D eigenvalue weighted by Gasteiger charge is -2.15. The van der Waals surface area contributed by atoms with Crippen molar-refractivity contribution in [3.05, 3.63) is 53.2 Å². The Morgan fingerprint density at radius 3 is 2.65 bits per heavy atom. The summed E-state index contributed by atoms with van der Waals surface area (Å²) in [5.41, 5.74) is 5.91. The highest BCUT2D eigenvalue weighted by atomic mass is 32.2. The smallest absolute Gasteiger partial charge is 0.340 e. The maximum Gasteiger partial charge on any atom is 0.340 e. The van der Waals surface area contributed by atoms with Gasteiger partial charge in [0.15, 0.2) is 17.6 Å². The van der Waals surface area contributed by atoms with Gasteiger partial charge in [-0.2, -0.15) is 8.78 Å². The maximum atomic E-state index is 14.4. The average molecular weight is 464 g/mol. The van der Waals surface area contributed by atoms with Crippen molar-refractivity contribution in [1.82, 2.24) is 9.97 Å². The number of alkyl halides is 4. The number of aliphatic imine (C=N–C) groups is 1. The van der Waals surface area contributed by atoms with Crippen molar-refractivity contribution in [2.75, 3.05) is 12.4 Å². The van der Waals surface area contributed by atoms with E-state index in [9.17, 15) is 26.3 Å². The number of hydrogen-bond donors (Lipinski definition) is 1. The number of ether oxygens (including phenoxy) is 1. The van der Waals surface area contributed by atoms with Gasteiger partial charge in [-0.3, -0.25) is 4.99 Å². The largest absolute Gasteiger partial charge is 0.470 e. The second-order valence-electron chi connectivity index (χ2n) is 6.02. The lowest BCUT2D eigenvalue weighted by molar-refractivity contribution is -0.148. The number of aromatic nitrogens is 2. The normalized spacial score (nSPS) is 13.0. The minimum Gasteiger partial charge on any atom is -0.470 e. The van der Waals surface area contributed by atoms with Gasteiger partial charge in [-0.25, -0.2) is 27.5 Å². The van der Waals surface area contributed by atoms with Crippen LogP contribution in [0.25, 0.3) is 11.9 Å². The first-order valence-corrected chi connectivity index (χ1v) is 9.80. The quantitative estimate of drug-likeness (QED) is 0.324. The molecular weight excluding hydrogens is 446 g/mol. The molecule has 2 rings (SSSR count). The molecule has 0 fully saturated rings. The molecule has 0 atom stereocenters. The Labute approximate surface area is 178 Å². The summed E-state index contributed by atoms with van der Waals surface area (Å²) in [6, 6.07) is 3.88. The van der Waals surface area contributed by atoms with Gasteiger partial charge in [-0.1, -0.05) is 24.8 Å². The summed E-state index contributed by atoms with van der Waals surface area (Å²) >= 11 is 1.30. The number of nitrogens with zero attached hydrogens (tertiary/aromatic N) is 3. The van der Waals surface area contributed by atoms with Gasteiger partial charge in [0.25, 0.3) is 0 Å². The van der Waals surface area contributed by atoms with E-state index in [1.165, 1.54) is 23.9 Å². The Morgan fingerprint density at radius 2 is 2.03 bits per heavy atom. The molecule has 1 heterocycles. The molecule has 12 heteroatoms. The Bertz CT molecular complexity index is 937. The Kier molecular flexibility index (Phi) is 8.72. The van der Waals surface area contributed by atoms with E-state index in [1.54, 1.807) is 0 Å². The topological polar surface area (TPSA) is 73.4 Å². The molecule has 2 aromatic rings. The van der Waals surface area contributed by atoms with Crippen molar-refractivity contribution >= 4 is 28.8 Å². The Balaban J connectivity index is 2.10.